The zero-order valence-electron chi connectivity index (χ0n) is 11.8. The highest BCUT2D eigenvalue weighted by Crippen LogP contribution is 2.25. The van der Waals surface area contributed by atoms with Gasteiger partial charge < -0.3 is 5.21 Å². The highest BCUT2D eigenvalue weighted by Gasteiger charge is 2.28. The molecule has 0 aromatic rings. The molecular weight excluding hydrogens is 226 g/mol. The lowest BCUT2D eigenvalue weighted by molar-refractivity contribution is -0.130. The molecule has 0 amide bonds. The predicted octanol–water partition coefficient (Wildman–Crippen LogP) is 3.67. The summed E-state index contributed by atoms with van der Waals surface area (Å²) >= 11 is 0. The quantitative estimate of drug-likeness (QED) is 0.469. The molecule has 1 heterocycles. The Balaban J connectivity index is 2.10. The van der Waals surface area contributed by atoms with Gasteiger partial charge in [0.2, 0.25) is 0 Å². The zero-order chi connectivity index (χ0) is 12.9. The fraction of sp³-hybridized carbons (Fsp3) is 0.857. The minimum atomic E-state index is -1.17. The Morgan fingerprint density at radius 2 is 1.94 bits per heavy atom. The summed E-state index contributed by atoms with van der Waals surface area (Å²) in [5.74, 6) is 3.31. The van der Waals surface area contributed by atoms with Gasteiger partial charge in [-0.25, -0.2) is 0 Å². The third-order valence-electron chi connectivity index (χ3n) is 3.30. The van der Waals surface area contributed by atoms with Crippen LogP contribution in [0, 0.1) is 11.5 Å². The van der Waals surface area contributed by atoms with Crippen LogP contribution in [-0.4, -0.2) is 30.4 Å². The van der Waals surface area contributed by atoms with Crippen molar-refractivity contribution in [1.29, 1.82) is 0 Å². The standard InChI is InChI=1S/C14H27NOSi/c1-13-10-11-14(15(13)16)9-7-5-6-8-12-17(2,3)4/h13-14,16H,5-7,9-11H2,1-4H3. The van der Waals surface area contributed by atoms with Gasteiger partial charge in [-0.3, -0.25) is 0 Å². The van der Waals surface area contributed by atoms with E-state index in [1.54, 1.807) is 5.06 Å². The van der Waals surface area contributed by atoms with E-state index in [9.17, 15) is 5.21 Å². The first-order valence-electron chi connectivity index (χ1n) is 6.87. The van der Waals surface area contributed by atoms with Gasteiger partial charge in [0.05, 0.1) is 0 Å². The fourth-order valence-corrected chi connectivity index (χ4v) is 2.91. The van der Waals surface area contributed by atoms with Crippen LogP contribution in [0.1, 0.15) is 45.4 Å². The van der Waals surface area contributed by atoms with E-state index in [2.05, 4.69) is 38.0 Å². The van der Waals surface area contributed by atoms with Gasteiger partial charge in [-0.15, -0.1) is 11.5 Å². The van der Waals surface area contributed by atoms with E-state index in [0.717, 1.165) is 25.7 Å². The molecule has 98 valence electrons. The normalized spacial score (nSPS) is 25.7. The van der Waals surface area contributed by atoms with Gasteiger partial charge in [0, 0.05) is 18.5 Å². The van der Waals surface area contributed by atoms with Crippen LogP contribution >= 0.6 is 0 Å². The summed E-state index contributed by atoms with van der Waals surface area (Å²) in [4.78, 5) is 0. The molecule has 0 aliphatic carbocycles. The first kappa shape index (κ1) is 14.8. The number of hydrogen-bond acceptors (Lipinski definition) is 2. The van der Waals surface area contributed by atoms with Gasteiger partial charge in [-0.1, -0.05) is 26.1 Å². The number of hydroxylamine groups is 2. The fourth-order valence-electron chi connectivity index (χ4n) is 2.26. The number of hydrogen-bond donors (Lipinski definition) is 1. The van der Waals surface area contributed by atoms with E-state index in [4.69, 9.17) is 0 Å². The molecule has 1 aliphatic heterocycles. The molecule has 0 aromatic carbocycles. The predicted molar refractivity (Wildman–Crippen MR) is 75.7 cm³/mol. The highest BCUT2D eigenvalue weighted by atomic mass is 28.3. The third kappa shape index (κ3) is 5.72. The minimum Gasteiger partial charge on any atom is -0.313 e. The molecule has 2 nitrogen and oxygen atoms in total. The lowest BCUT2D eigenvalue weighted by atomic mass is 10.1. The molecule has 0 bridgehead atoms. The molecule has 17 heavy (non-hydrogen) atoms. The van der Waals surface area contributed by atoms with Crippen molar-refractivity contribution < 1.29 is 5.21 Å². The number of rotatable bonds is 4. The van der Waals surface area contributed by atoms with Crippen molar-refractivity contribution in [2.24, 2.45) is 0 Å². The third-order valence-corrected chi connectivity index (χ3v) is 4.22. The second kappa shape index (κ2) is 6.58. The minimum absolute atomic E-state index is 0.353. The summed E-state index contributed by atoms with van der Waals surface area (Å²) in [5, 5.41) is 11.3. The van der Waals surface area contributed by atoms with Crippen molar-refractivity contribution >= 4 is 8.07 Å². The molecular formula is C14H27NOSi. The van der Waals surface area contributed by atoms with Crippen LogP contribution in [0.25, 0.3) is 0 Å². The monoisotopic (exact) mass is 253 g/mol. The van der Waals surface area contributed by atoms with Crippen LogP contribution < -0.4 is 0 Å². The first-order valence-corrected chi connectivity index (χ1v) is 10.4. The van der Waals surface area contributed by atoms with Crippen LogP contribution in [0.2, 0.25) is 19.6 Å². The average Bonchev–Trinajstić information content (AvgIpc) is 2.53. The average molecular weight is 253 g/mol. The van der Waals surface area contributed by atoms with E-state index in [-0.39, 0.29) is 0 Å². The molecule has 1 aliphatic rings. The molecule has 2 atom stereocenters. The van der Waals surface area contributed by atoms with Crippen LogP contribution in [-0.2, 0) is 0 Å². The van der Waals surface area contributed by atoms with Gasteiger partial charge in [-0.2, -0.15) is 5.06 Å². The van der Waals surface area contributed by atoms with Crippen LogP contribution in [0.3, 0.4) is 0 Å². The summed E-state index contributed by atoms with van der Waals surface area (Å²) in [6.07, 6.45) is 6.80. The Hall–Kier alpha value is -0.303. The number of nitrogens with zero attached hydrogens (tertiary/aromatic N) is 1. The Kier molecular flexibility index (Phi) is 5.71. The maximum Gasteiger partial charge on any atom is 0.129 e. The molecule has 0 aromatic heterocycles. The van der Waals surface area contributed by atoms with Gasteiger partial charge in [0.1, 0.15) is 8.07 Å². The second-order valence-electron chi connectivity index (χ2n) is 6.26. The largest absolute Gasteiger partial charge is 0.313 e. The van der Waals surface area contributed by atoms with Crippen LogP contribution in [0.4, 0.5) is 0 Å². The van der Waals surface area contributed by atoms with Gasteiger partial charge in [-0.05, 0) is 32.6 Å². The Morgan fingerprint density at radius 1 is 1.24 bits per heavy atom. The maximum atomic E-state index is 9.78. The van der Waals surface area contributed by atoms with Crippen molar-refractivity contribution in [1.82, 2.24) is 5.06 Å². The molecule has 0 saturated carbocycles. The molecule has 0 spiro atoms. The van der Waals surface area contributed by atoms with E-state index in [1.165, 1.54) is 12.8 Å². The van der Waals surface area contributed by atoms with E-state index in [1.807, 2.05) is 0 Å². The Bertz CT molecular complexity index is 287. The zero-order valence-corrected chi connectivity index (χ0v) is 12.8. The lowest BCUT2D eigenvalue weighted by Gasteiger charge is -2.20. The smallest absolute Gasteiger partial charge is 0.129 e. The lowest BCUT2D eigenvalue weighted by Crippen LogP contribution is -2.30. The molecule has 0 radical (unpaired) electrons. The van der Waals surface area contributed by atoms with E-state index < -0.39 is 8.07 Å². The van der Waals surface area contributed by atoms with E-state index in [0.29, 0.717) is 12.1 Å². The summed E-state index contributed by atoms with van der Waals surface area (Å²) in [6, 6.07) is 0.752. The van der Waals surface area contributed by atoms with E-state index >= 15 is 0 Å². The molecule has 1 rings (SSSR count). The van der Waals surface area contributed by atoms with Crippen molar-refractivity contribution in [3.63, 3.8) is 0 Å². The topological polar surface area (TPSA) is 23.5 Å². The maximum absolute atomic E-state index is 9.78. The molecule has 1 N–H and O–H groups in total. The summed E-state index contributed by atoms with van der Waals surface area (Å²) < 4.78 is 0. The first-order chi connectivity index (χ1) is 7.90. The SMILES string of the molecule is CC1CCC(CCCCC#C[Si](C)(C)C)N1O. The van der Waals surface area contributed by atoms with Crippen LogP contribution in [0.15, 0.2) is 0 Å². The van der Waals surface area contributed by atoms with Crippen molar-refractivity contribution in [3.05, 3.63) is 0 Å². The molecule has 1 fully saturated rings. The van der Waals surface area contributed by atoms with Crippen molar-refractivity contribution in [2.45, 2.75) is 77.2 Å². The Morgan fingerprint density at radius 3 is 2.47 bits per heavy atom. The summed E-state index contributed by atoms with van der Waals surface area (Å²) in [6.45, 7) is 8.94. The molecule has 2 unspecified atom stereocenters. The van der Waals surface area contributed by atoms with Gasteiger partial charge in [0.25, 0.3) is 0 Å². The Labute approximate surface area is 107 Å². The molecule has 3 heteroatoms. The van der Waals surface area contributed by atoms with Crippen molar-refractivity contribution in [3.8, 4) is 11.5 Å². The van der Waals surface area contributed by atoms with Gasteiger partial charge in [0.15, 0.2) is 0 Å². The van der Waals surface area contributed by atoms with Crippen LogP contribution in [0.5, 0.6) is 0 Å². The summed E-state index contributed by atoms with van der Waals surface area (Å²) in [5.41, 5.74) is 3.40. The van der Waals surface area contributed by atoms with Gasteiger partial charge >= 0.3 is 0 Å². The highest BCUT2D eigenvalue weighted by molar-refractivity contribution is 6.83. The summed E-state index contributed by atoms with van der Waals surface area (Å²) in [7, 11) is -1.17. The number of unbranched alkanes of at least 4 members (excludes halogenated alkanes) is 2. The second-order valence-corrected chi connectivity index (χ2v) is 11.0. The van der Waals surface area contributed by atoms with Crippen molar-refractivity contribution in [2.75, 3.05) is 0 Å². The molecule has 1 saturated heterocycles.